The van der Waals surface area contributed by atoms with Gasteiger partial charge in [-0.1, -0.05) is 37.3 Å². The number of aliphatic hydroxyl groups is 1. The summed E-state index contributed by atoms with van der Waals surface area (Å²) in [6.45, 7) is 5.75. The van der Waals surface area contributed by atoms with Gasteiger partial charge in [0.25, 0.3) is 0 Å². The van der Waals surface area contributed by atoms with E-state index in [9.17, 15) is 0 Å². The van der Waals surface area contributed by atoms with E-state index in [4.69, 9.17) is 9.84 Å². The third-order valence-corrected chi connectivity index (χ3v) is 3.87. The van der Waals surface area contributed by atoms with Crippen molar-refractivity contribution in [2.45, 2.75) is 45.6 Å². The molecular formula is C18H26N2O2. The average molecular weight is 302 g/mol. The molecule has 1 unspecified atom stereocenters. The van der Waals surface area contributed by atoms with Crippen LogP contribution in [0.5, 0.6) is 5.88 Å². The fraction of sp³-hybridized carbons (Fsp3) is 0.500. The van der Waals surface area contributed by atoms with Crippen molar-refractivity contribution in [3.05, 3.63) is 47.7 Å². The van der Waals surface area contributed by atoms with Crippen LogP contribution in [0.2, 0.25) is 0 Å². The van der Waals surface area contributed by atoms with Gasteiger partial charge >= 0.3 is 0 Å². The summed E-state index contributed by atoms with van der Waals surface area (Å²) in [6, 6.07) is 10.3. The first kappa shape index (κ1) is 16.6. The van der Waals surface area contributed by atoms with Crippen LogP contribution in [0.4, 0.5) is 0 Å². The van der Waals surface area contributed by atoms with Gasteiger partial charge in [0.05, 0.1) is 13.2 Å². The summed E-state index contributed by atoms with van der Waals surface area (Å²) in [5.74, 6) is 1.13. The van der Waals surface area contributed by atoms with Crippen LogP contribution in [-0.4, -0.2) is 28.1 Å². The molecule has 1 heterocycles. The lowest BCUT2D eigenvalue weighted by atomic mass is 9.94. The molecule has 0 amide bonds. The predicted molar refractivity (Wildman–Crippen MR) is 88.3 cm³/mol. The molecule has 0 spiro atoms. The number of benzene rings is 1. The number of ether oxygens (including phenoxy) is 1. The number of rotatable bonds is 9. The van der Waals surface area contributed by atoms with Gasteiger partial charge in [-0.25, -0.2) is 0 Å². The Morgan fingerprint density at radius 2 is 2.00 bits per heavy atom. The summed E-state index contributed by atoms with van der Waals surface area (Å²) >= 11 is 0. The Bertz CT molecular complexity index is 551. The molecule has 0 aliphatic heterocycles. The highest BCUT2D eigenvalue weighted by Crippen LogP contribution is 2.31. The summed E-state index contributed by atoms with van der Waals surface area (Å²) in [7, 11) is 0. The first-order valence-electron chi connectivity index (χ1n) is 8.13. The van der Waals surface area contributed by atoms with Crippen LogP contribution in [0.15, 0.2) is 36.5 Å². The van der Waals surface area contributed by atoms with Crippen molar-refractivity contribution in [3.63, 3.8) is 0 Å². The number of hydrogen-bond acceptors (Lipinski definition) is 3. The van der Waals surface area contributed by atoms with Crippen molar-refractivity contribution in [1.82, 2.24) is 9.78 Å². The predicted octanol–water partition coefficient (Wildman–Crippen LogP) is 3.60. The smallest absolute Gasteiger partial charge is 0.236 e. The molecule has 120 valence electrons. The summed E-state index contributed by atoms with van der Waals surface area (Å²) < 4.78 is 7.68. The lowest BCUT2D eigenvalue weighted by Gasteiger charge is -2.13. The Balaban J connectivity index is 2.20. The van der Waals surface area contributed by atoms with Gasteiger partial charge in [-0.15, -0.1) is 5.10 Å². The molecular weight excluding hydrogens is 276 g/mol. The van der Waals surface area contributed by atoms with Crippen LogP contribution in [0.1, 0.15) is 50.2 Å². The van der Waals surface area contributed by atoms with Crippen LogP contribution < -0.4 is 4.74 Å². The molecule has 0 saturated carbocycles. The zero-order chi connectivity index (χ0) is 15.8. The number of hydrogen-bond donors (Lipinski definition) is 1. The maximum Gasteiger partial charge on any atom is 0.236 e. The van der Waals surface area contributed by atoms with Crippen LogP contribution in [-0.2, 0) is 6.54 Å². The molecule has 0 aliphatic rings. The highest BCUT2D eigenvalue weighted by atomic mass is 16.5. The van der Waals surface area contributed by atoms with Crippen LogP contribution in [0.25, 0.3) is 0 Å². The molecule has 0 bridgehead atoms. The van der Waals surface area contributed by atoms with E-state index in [1.54, 1.807) is 0 Å². The van der Waals surface area contributed by atoms with Crippen molar-refractivity contribution in [2.24, 2.45) is 0 Å². The van der Waals surface area contributed by atoms with Gasteiger partial charge < -0.3 is 9.84 Å². The Morgan fingerprint density at radius 1 is 1.23 bits per heavy atom. The second-order valence-electron chi connectivity index (χ2n) is 5.48. The summed E-state index contributed by atoms with van der Waals surface area (Å²) in [5, 5.41) is 13.7. The molecule has 0 radical (unpaired) electrons. The number of aromatic nitrogens is 2. The van der Waals surface area contributed by atoms with E-state index in [-0.39, 0.29) is 6.61 Å². The molecule has 0 saturated heterocycles. The van der Waals surface area contributed by atoms with E-state index in [0.29, 0.717) is 12.5 Å². The molecule has 2 aromatic rings. The average Bonchev–Trinajstić information content (AvgIpc) is 2.92. The fourth-order valence-corrected chi connectivity index (χ4v) is 2.72. The van der Waals surface area contributed by atoms with E-state index >= 15 is 0 Å². The Morgan fingerprint density at radius 3 is 2.64 bits per heavy atom. The van der Waals surface area contributed by atoms with Crippen molar-refractivity contribution in [3.8, 4) is 5.88 Å². The van der Waals surface area contributed by atoms with Crippen molar-refractivity contribution < 1.29 is 9.84 Å². The number of nitrogens with zero attached hydrogens (tertiary/aromatic N) is 2. The zero-order valence-electron chi connectivity index (χ0n) is 13.5. The Kier molecular flexibility index (Phi) is 6.46. The van der Waals surface area contributed by atoms with Crippen LogP contribution in [0.3, 0.4) is 0 Å². The molecule has 1 atom stereocenters. The topological polar surface area (TPSA) is 47.3 Å². The van der Waals surface area contributed by atoms with Crippen LogP contribution in [0, 0.1) is 0 Å². The van der Waals surface area contributed by atoms with Gasteiger partial charge in [-0.3, -0.25) is 4.68 Å². The Hall–Kier alpha value is -1.81. The Labute approximate surface area is 132 Å². The maximum atomic E-state index is 9.08. The third-order valence-electron chi connectivity index (χ3n) is 3.87. The molecule has 1 N–H and O–H groups in total. The summed E-state index contributed by atoms with van der Waals surface area (Å²) in [4.78, 5) is 0. The fourth-order valence-electron chi connectivity index (χ4n) is 2.72. The van der Waals surface area contributed by atoms with Gasteiger partial charge in [0.1, 0.15) is 0 Å². The quantitative estimate of drug-likeness (QED) is 0.770. The molecule has 22 heavy (non-hydrogen) atoms. The first-order chi connectivity index (χ1) is 10.8. The maximum absolute atomic E-state index is 9.08. The summed E-state index contributed by atoms with van der Waals surface area (Å²) in [6.07, 6.45) is 4.90. The minimum atomic E-state index is 0.235. The van der Waals surface area contributed by atoms with Gasteiger partial charge in [-0.05, 0) is 37.7 Å². The van der Waals surface area contributed by atoms with E-state index in [2.05, 4.69) is 30.4 Å². The van der Waals surface area contributed by atoms with Crippen molar-refractivity contribution in [2.75, 3.05) is 13.2 Å². The van der Waals surface area contributed by atoms with Gasteiger partial charge in [0.2, 0.25) is 5.88 Å². The summed E-state index contributed by atoms with van der Waals surface area (Å²) in [5.41, 5.74) is 2.39. The highest BCUT2D eigenvalue weighted by Gasteiger charge is 2.18. The van der Waals surface area contributed by atoms with E-state index in [1.807, 2.05) is 29.8 Å². The third kappa shape index (κ3) is 4.34. The first-order valence-corrected chi connectivity index (χ1v) is 8.13. The van der Waals surface area contributed by atoms with Gasteiger partial charge in [0.15, 0.2) is 0 Å². The lowest BCUT2D eigenvalue weighted by molar-refractivity contribution is 0.276. The largest absolute Gasteiger partial charge is 0.477 e. The normalized spacial score (nSPS) is 12.3. The second-order valence-corrected chi connectivity index (χ2v) is 5.48. The SMILES string of the molecule is CCOc1nn(Cc2ccccc2)cc1C(CC)CCCO. The monoisotopic (exact) mass is 302 g/mol. The number of aliphatic hydroxyl groups excluding tert-OH is 1. The molecule has 4 heteroatoms. The van der Waals surface area contributed by atoms with Gasteiger partial charge in [-0.2, -0.15) is 0 Å². The van der Waals surface area contributed by atoms with Gasteiger partial charge in [0, 0.05) is 18.4 Å². The molecule has 0 fully saturated rings. The van der Waals surface area contributed by atoms with Crippen molar-refractivity contribution in [1.29, 1.82) is 0 Å². The molecule has 2 rings (SSSR count). The molecule has 1 aromatic carbocycles. The van der Waals surface area contributed by atoms with Crippen LogP contribution >= 0.6 is 0 Å². The van der Waals surface area contributed by atoms with E-state index in [1.165, 1.54) is 5.56 Å². The molecule has 1 aromatic heterocycles. The van der Waals surface area contributed by atoms with E-state index < -0.39 is 0 Å². The minimum absolute atomic E-state index is 0.235. The highest BCUT2D eigenvalue weighted by molar-refractivity contribution is 5.28. The second kappa shape index (κ2) is 8.59. The van der Waals surface area contributed by atoms with Crippen molar-refractivity contribution >= 4 is 0 Å². The zero-order valence-corrected chi connectivity index (χ0v) is 13.5. The molecule has 4 nitrogen and oxygen atoms in total. The standard InChI is InChI=1S/C18H26N2O2/c1-3-16(11-8-12-21)17-14-20(19-18(17)22-4-2)13-15-9-6-5-7-10-15/h5-7,9-10,14,16,21H,3-4,8,11-13H2,1-2H3. The lowest BCUT2D eigenvalue weighted by Crippen LogP contribution is -2.02. The minimum Gasteiger partial charge on any atom is -0.477 e. The molecule has 0 aliphatic carbocycles. The van der Waals surface area contributed by atoms with E-state index in [0.717, 1.165) is 37.3 Å².